The largest absolute Gasteiger partial charge is 0.479 e. The molecule has 1 aromatic rings. The van der Waals surface area contributed by atoms with E-state index >= 15 is 0 Å². The highest BCUT2D eigenvalue weighted by atomic mass is 32.2. The highest BCUT2D eigenvalue weighted by molar-refractivity contribution is 8.15. The molecule has 0 aliphatic carbocycles. The fourth-order valence-electron chi connectivity index (χ4n) is 5.75. The lowest BCUT2D eigenvalue weighted by Crippen LogP contribution is -2.54. The first-order valence-corrected chi connectivity index (χ1v) is 18.0. The second kappa shape index (κ2) is 15.2. The standard InChI is InChI=1S/C31H44FN3O6S3/c1-7-8-9-11-19-12-10-13-22(40-18-39-6)24(19)26-33-20(15-42-26)27-35(5)21(16-43-27)25(41-23(36)14-32)30(2,3)28-34-31(4,17-44-28)29(37)38/h10,12-13,20-21,25,27H,7-9,11,14-18H2,1-6H3,(H,37,38)/t20-,21+,25-,27-,31-/m1/s1. The van der Waals surface area contributed by atoms with Gasteiger partial charge in [-0.25, -0.2) is 14.0 Å². The van der Waals surface area contributed by atoms with Crippen molar-refractivity contribution in [1.82, 2.24) is 4.90 Å². The number of ether oxygens (including phenoxy) is 3. The third-order valence-corrected chi connectivity index (χ3v) is 12.6. The number of aliphatic imine (C=N–C) groups is 2. The summed E-state index contributed by atoms with van der Waals surface area (Å²) in [6.45, 7) is 6.49. The van der Waals surface area contributed by atoms with E-state index in [0.29, 0.717) is 10.8 Å². The van der Waals surface area contributed by atoms with Crippen LogP contribution in [0.2, 0.25) is 0 Å². The molecule has 5 atom stereocenters. The van der Waals surface area contributed by atoms with Crippen LogP contribution in [0.4, 0.5) is 4.39 Å². The third-order valence-electron chi connectivity index (χ3n) is 8.35. The van der Waals surface area contributed by atoms with Crippen LogP contribution in [0.25, 0.3) is 0 Å². The summed E-state index contributed by atoms with van der Waals surface area (Å²) >= 11 is 4.83. The number of alkyl halides is 1. The second-order valence-electron chi connectivity index (χ2n) is 12.1. The molecule has 1 aromatic carbocycles. The number of rotatable bonds is 15. The summed E-state index contributed by atoms with van der Waals surface area (Å²) in [5.74, 6) is 0.544. The summed E-state index contributed by atoms with van der Waals surface area (Å²) in [6.07, 6.45) is 3.59. The van der Waals surface area contributed by atoms with E-state index in [-0.39, 0.29) is 30.0 Å². The van der Waals surface area contributed by atoms with Gasteiger partial charge in [-0.1, -0.05) is 45.7 Å². The van der Waals surface area contributed by atoms with E-state index in [1.807, 2.05) is 33.0 Å². The van der Waals surface area contributed by atoms with E-state index in [1.54, 1.807) is 37.6 Å². The van der Waals surface area contributed by atoms with Crippen LogP contribution >= 0.6 is 35.3 Å². The van der Waals surface area contributed by atoms with E-state index in [9.17, 15) is 19.1 Å². The van der Waals surface area contributed by atoms with Crippen LogP contribution in [-0.4, -0.2) is 106 Å². The van der Waals surface area contributed by atoms with Crippen molar-refractivity contribution >= 4 is 57.3 Å². The number of hydrogen-bond donors (Lipinski definition) is 1. The molecule has 0 spiro atoms. The first kappa shape index (κ1) is 35.1. The van der Waals surface area contributed by atoms with Gasteiger partial charge in [0.2, 0.25) is 0 Å². The molecular weight excluding hydrogens is 626 g/mol. The van der Waals surface area contributed by atoms with Crippen molar-refractivity contribution < 1.29 is 33.3 Å². The van der Waals surface area contributed by atoms with E-state index in [0.717, 1.165) is 47.8 Å². The smallest absolute Gasteiger partial charge is 0.337 e. The Balaban J connectivity index is 1.59. The van der Waals surface area contributed by atoms with Crippen molar-refractivity contribution in [2.75, 3.05) is 44.9 Å². The van der Waals surface area contributed by atoms with Crippen LogP contribution in [0, 0.1) is 5.41 Å². The Morgan fingerprint density at radius 3 is 2.68 bits per heavy atom. The number of methoxy groups -OCH3 is 1. The number of likely N-dealkylation sites (N-methyl/N-ethyl adjacent to an activating group) is 1. The zero-order valence-electron chi connectivity index (χ0n) is 26.3. The van der Waals surface area contributed by atoms with E-state index in [4.69, 9.17) is 19.2 Å². The SMILES string of the molecule is CCCCCc1cccc(OCOC)c1C1=N[C@@H]([C@H]2SC[C@@H]([C@@H](OC(=O)CF)C(C)(C)C3=N[C@@](C)(C(=O)O)CS3)N2C)CS1. The maximum absolute atomic E-state index is 13.4. The number of nitrogens with zero attached hydrogens (tertiary/aromatic N) is 3. The van der Waals surface area contributed by atoms with Gasteiger partial charge in [0, 0.05) is 24.4 Å². The molecule has 0 unspecified atom stereocenters. The second-order valence-corrected chi connectivity index (χ2v) is 15.2. The van der Waals surface area contributed by atoms with Crippen LogP contribution in [0.5, 0.6) is 5.75 Å². The van der Waals surface area contributed by atoms with E-state index in [2.05, 4.69) is 22.9 Å². The molecule has 0 aromatic heterocycles. The lowest BCUT2D eigenvalue weighted by Gasteiger charge is -2.40. The van der Waals surface area contributed by atoms with E-state index < -0.39 is 35.7 Å². The topological polar surface area (TPSA) is 110 Å². The number of carboxylic acid groups (broad SMARTS) is 1. The number of thioether (sulfide) groups is 3. The summed E-state index contributed by atoms with van der Waals surface area (Å²) in [6, 6.07) is 5.86. The number of hydrogen-bond acceptors (Lipinski definition) is 11. The predicted molar refractivity (Wildman–Crippen MR) is 178 cm³/mol. The molecule has 0 saturated carbocycles. The Bertz CT molecular complexity index is 1260. The molecule has 4 rings (SSSR count). The number of aliphatic carboxylic acids is 1. The summed E-state index contributed by atoms with van der Waals surface area (Å²) in [7, 11) is 3.60. The molecule has 44 heavy (non-hydrogen) atoms. The number of carboxylic acids is 1. The number of halogens is 1. The Hall–Kier alpha value is -1.80. The minimum atomic E-state index is -1.25. The van der Waals surface area contributed by atoms with E-state index in [1.165, 1.54) is 17.3 Å². The first-order valence-electron chi connectivity index (χ1n) is 15.0. The van der Waals surface area contributed by atoms with Crippen LogP contribution in [0.1, 0.15) is 58.1 Å². The molecule has 13 heteroatoms. The van der Waals surface area contributed by atoms with Gasteiger partial charge in [-0.05, 0) is 38.4 Å². The van der Waals surface area contributed by atoms with Crippen LogP contribution in [0.3, 0.4) is 0 Å². The number of carbonyl (C=O) groups is 2. The predicted octanol–water partition coefficient (Wildman–Crippen LogP) is 5.53. The maximum atomic E-state index is 13.4. The van der Waals surface area contributed by atoms with Crippen LogP contribution in [0.15, 0.2) is 28.2 Å². The first-order chi connectivity index (χ1) is 21.0. The van der Waals surface area contributed by atoms with Crippen molar-refractivity contribution in [3.63, 3.8) is 0 Å². The normalized spacial score (nSPS) is 26.4. The Morgan fingerprint density at radius 1 is 1.25 bits per heavy atom. The lowest BCUT2D eigenvalue weighted by molar-refractivity contribution is -0.157. The molecular formula is C31H44FN3O6S3. The average molecular weight is 670 g/mol. The molecule has 1 N–H and O–H groups in total. The Kier molecular flexibility index (Phi) is 12.1. The monoisotopic (exact) mass is 669 g/mol. The molecule has 3 heterocycles. The average Bonchev–Trinajstić information content (AvgIpc) is 3.74. The Morgan fingerprint density at radius 2 is 2.02 bits per heavy atom. The summed E-state index contributed by atoms with van der Waals surface area (Å²) in [5, 5.41) is 11.3. The van der Waals surface area contributed by atoms with Gasteiger partial charge in [0.05, 0.1) is 33.5 Å². The zero-order valence-corrected chi connectivity index (χ0v) is 28.8. The van der Waals surface area contributed by atoms with Gasteiger partial charge in [0.15, 0.2) is 19.0 Å². The molecule has 9 nitrogen and oxygen atoms in total. The molecule has 1 fully saturated rings. The number of benzene rings is 1. The summed E-state index contributed by atoms with van der Waals surface area (Å²) in [5.41, 5.74) is 0.160. The quantitative estimate of drug-likeness (QED) is 0.145. The molecule has 0 radical (unpaired) electrons. The lowest BCUT2D eigenvalue weighted by atomic mass is 9.82. The number of unbranched alkanes of at least 4 members (excludes halogenated alkanes) is 2. The maximum Gasteiger partial charge on any atom is 0.337 e. The molecule has 0 bridgehead atoms. The van der Waals surface area contributed by atoms with Gasteiger partial charge in [0.25, 0.3) is 0 Å². The highest BCUT2D eigenvalue weighted by Crippen LogP contribution is 2.45. The van der Waals surface area contributed by atoms with Gasteiger partial charge in [-0.2, -0.15) is 0 Å². The third kappa shape index (κ3) is 7.59. The highest BCUT2D eigenvalue weighted by Gasteiger charge is 2.52. The molecule has 3 aliphatic rings. The van der Waals surface area contributed by atoms with Crippen molar-refractivity contribution in [1.29, 1.82) is 0 Å². The number of carbonyl (C=O) groups excluding carboxylic acids is 1. The zero-order chi connectivity index (χ0) is 32.1. The van der Waals surface area contributed by atoms with Crippen molar-refractivity contribution in [2.24, 2.45) is 15.4 Å². The summed E-state index contributed by atoms with van der Waals surface area (Å²) in [4.78, 5) is 36.2. The molecule has 1 saturated heterocycles. The van der Waals surface area contributed by atoms with Crippen molar-refractivity contribution in [3.8, 4) is 5.75 Å². The van der Waals surface area contributed by atoms with Crippen molar-refractivity contribution in [3.05, 3.63) is 29.3 Å². The minimum absolute atomic E-state index is 0.00503. The molecule has 3 aliphatic heterocycles. The van der Waals surface area contributed by atoms with Gasteiger partial charge in [-0.15, -0.1) is 35.3 Å². The summed E-state index contributed by atoms with van der Waals surface area (Å²) < 4.78 is 30.4. The number of aryl methyl sites for hydroxylation is 1. The van der Waals surface area contributed by atoms with Gasteiger partial charge >= 0.3 is 11.9 Å². The van der Waals surface area contributed by atoms with Crippen molar-refractivity contribution in [2.45, 2.75) is 82.5 Å². The minimum Gasteiger partial charge on any atom is -0.479 e. The molecule has 244 valence electrons. The Labute approximate surface area is 272 Å². The molecule has 0 amide bonds. The van der Waals surface area contributed by atoms with Crippen LogP contribution in [-0.2, 0) is 25.5 Å². The number of esters is 1. The fourth-order valence-corrected chi connectivity index (χ4v) is 9.98. The van der Waals surface area contributed by atoms with Gasteiger partial charge in [0.1, 0.15) is 16.9 Å². The van der Waals surface area contributed by atoms with Crippen LogP contribution < -0.4 is 4.74 Å². The fraction of sp³-hybridized carbons (Fsp3) is 0.677. The van der Waals surface area contributed by atoms with Gasteiger partial charge in [-0.3, -0.25) is 14.9 Å². The van der Waals surface area contributed by atoms with Gasteiger partial charge < -0.3 is 19.3 Å².